The Balaban J connectivity index is 2.02. The molecule has 5 nitrogen and oxygen atoms in total. The molecule has 0 saturated heterocycles. The van der Waals surface area contributed by atoms with Gasteiger partial charge in [-0.25, -0.2) is 9.97 Å². The van der Waals surface area contributed by atoms with Gasteiger partial charge < -0.3 is 5.32 Å². The zero-order valence-corrected chi connectivity index (χ0v) is 8.50. The summed E-state index contributed by atoms with van der Waals surface area (Å²) >= 11 is 0. The minimum absolute atomic E-state index is 0.368. The fourth-order valence-corrected chi connectivity index (χ4v) is 1.23. The number of carbonyl (C=O) groups excluding carboxylic acids is 1. The monoisotopic (exact) mass is 214 g/mol. The van der Waals surface area contributed by atoms with Gasteiger partial charge in [-0.05, 0) is 17.7 Å². The van der Waals surface area contributed by atoms with Crippen LogP contribution >= 0.6 is 0 Å². The molecular formula is C11H10N4O. The van der Waals surface area contributed by atoms with Gasteiger partial charge in [0.1, 0.15) is 17.8 Å². The Morgan fingerprint density at radius 1 is 1.25 bits per heavy atom. The van der Waals surface area contributed by atoms with E-state index in [0.717, 1.165) is 5.56 Å². The number of anilines is 1. The lowest BCUT2D eigenvalue weighted by molar-refractivity contribution is 0.111. The van der Waals surface area contributed by atoms with Crippen LogP contribution in [0.1, 0.15) is 16.1 Å². The molecule has 1 N–H and O–H groups in total. The first-order chi connectivity index (χ1) is 7.88. The molecule has 0 aliphatic rings. The molecule has 0 spiro atoms. The van der Waals surface area contributed by atoms with Crippen LogP contribution in [-0.4, -0.2) is 21.2 Å². The molecule has 16 heavy (non-hydrogen) atoms. The van der Waals surface area contributed by atoms with E-state index in [9.17, 15) is 4.79 Å². The Kier molecular flexibility index (Phi) is 3.18. The van der Waals surface area contributed by atoms with Gasteiger partial charge in [-0.15, -0.1) is 0 Å². The van der Waals surface area contributed by atoms with Gasteiger partial charge in [0.25, 0.3) is 0 Å². The molecule has 80 valence electrons. The Morgan fingerprint density at radius 2 is 2.06 bits per heavy atom. The first-order valence-corrected chi connectivity index (χ1v) is 4.78. The summed E-state index contributed by atoms with van der Waals surface area (Å²) in [4.78, 5) is 22.2. The Morgan fingerprint density at radius 3 is 2.81 bits per heavy atom. The Labute approximate surface area is 92.6 Å². The summed E-state index contributed by atoms with van der Waals surface area (Å²) in [6.45, 7) is 0.637. The van der Waals surface area contributed by atoms with Crippen molar-refractivity contribution < 1.29 is 4.79 Å². The molecule has 2 aromatic heterocycles. The minimum atomic E-state index is 0.368. The third kappa shape index (κ3) is 2.60. The number of hydrogen-bond donors (Lipinski definition) is 1. The summed E-state index contributed by atoms with van der Waals surface area (Å²) in [5.41, 5.74) is 1.47. The minimum Gasteiger partial charge on any atom is -0.366 e. The van der Waals surface area contributed by atoms with Crippen LogP contribution in [0.3, 0.4) is 0 Å². The summed E-state index contributed by atoms with van der Waals surface area (Å²) in [6.07, 6.45) is 5.51. The summed E-state index contributed by atoms with van der Waals surface area (Å²) in [6, 6.07) is 5.43. The zero-order chi connectivity index (χ0) is 11.2. The van der Waals surface area contributed by atoms with Gasteiger partial charge in [-0.1, -0.05) is 0 Å². The van der Waals surface area contributed by atoms with E-state index in [1.165, 1.54) is 6.33 Å². The van der Waals surface area contributed by atoms with Gasteiger partial charge in [0.05, 0.1) is 0 Å². The standard InChI is InChI=1S/C11H10N4O/c16-7-10-5-11(15-8-14-10)13-6-9-1-3-12-4-2-9/h1-5,7-8H,6H2,(H,13,14,15). The molecule has 0 radical (unpaired) electrons. The molecule has 5 heteroatoms. The normalized spacial score (nSPS) is 9.75. The van der Waals surface area contributed by atoms with E-state index < -0.39 is 0 Å². The molecule has 0 aromatic carbocycles. The highest BCUT2D eigenvalue weighted by Crippen LogP contribution is 2.05. The Bertz CT molecular complexity index is 472. The quantitative estimate of drug-likeness (QED) is 0.777. The van der Waals surface area contributed by atoms with Crippen molar-refractivity contribution in [3.05, 3.63) is 48.2 Å². The summed E-state index contributed by atoms with van der Waals surface area (Å²) < 4.78 is 0. The molecule has 2 heterocycles. The third-order valence-electron chi connectivity index (χ3n) is 2.03. The van der Waals surface area contributed by atoms with Crippen LogP contribution in [0.2, 0.25) is 0 Å². The second-order valence-corrected chi connectivity index (χ2v) is 3.15. The van der Waals surface area contributed by atoms with Crippen LogP contribution in [0, 0.1) is 0 Å². The zero-order valence-electron chi connectivity index (χ0n) is 8.50. The Hall–Kier alpha value is -2.30. The fourth-order valence-electron chi connectivity index (χ4n) is 1.23. The number of nitrogens with zero attached hydrogens (tertiary/aromatic N) is 3. The molecule has 2 aromatic rings. The lowest BCUT2D eigenvalue weighted by atomic mass is 10.3. The van der Waals surface area contributed by atoms with Gasteiger partial charge >= 0.3 is 0 Å². The number of aldehydes is 1. The van der Waals surface area contributed by atoms with Crippen molar-refractivity contribution in [3.8, 4) is 0 Å². The molecule has 0 atom stereocenters. The highest BCUT2D eigenvalue weighted by molar-refractivity contribution is 5.72. The average molecular weight is 214 g/mol. The van der Waals surface area contributed by atoms with E-state index >= 15 is 0 Å². The van der Waals surface area contributed by atoms with E-state index in [1.54, 1.807) is 18.5 Å². The van der Waals surface area contributed by atoms with Crippen molar-refractivity contribution >= 4 is 12.1 Å². The lowest BCUT2D eigenvalue weighted by Gasteiger charge is -2.04. The largest absolute Gasteiger partial charge is 0.366 e. The molecule has 0 fully saturated rings. The van der Waals surface area contributed by atoms with E-state index in [1.807, 2.05) is 12.1 Å². The summed E-state index contributed by atoms with van der Waals surface area (Å²) in [7, 11) is 0. The molecule has 0 bridgehead atoms. The molecule has 2 rings (SSSR count). The molecule has 0 unspecified atom stereocenters. The number of nitrogens with one attached hydrogen (secondary N) is 1. The van der Waals surface area contributed by atoms with Crippen LogP contribution in [0.5, 0.6) is 0 Å². The van der Waals surface area contributed by atoms with Crippen LogP contribution in [0.15, 0.2) is 36.9 Å². The highest BCUT2D eigenvalue weighted by atomic mass is 16.1. The molecule has 0 aliphatic carbocycles. The van der Waals surface area contributed by atoms with Gasteiger partial charge in [-0.2, -0.15) is 0 Å². The topological polar surface area (TPSA) is 67.8 Å². The van der Waals surface area contributed by atoms with Crippen molar-refractivity contribution in [2.45, 2.75) is 6.54 Å². The highest BCUT2D eigenvalue weighted by Gasteiger charge is 1.97. The summed E-state index contributed by atoms with van der Waals surface area (Å²) in [5, 5.41) is 3.10. The molecule has 0 saturated carbocycles. The van der Waals surface area contributed by atoms with Gasteiger partial charge in [0, 0.05) is 25.0 Å². The average Bonchev–Trinajstić information content (AvgIpc) is 2.38. The van der Waals surface area contributed by atoms with Gasteiger partial charge in [0.15, 0.2) is 6.29 Å². The van der Waals surface area contributed by atoms with E-state index in [-0.39, 0.29) is 0 Å². The predicted molar refractivity (Wildman–Crippen MR) is 59.0 cm³/mol. The van der Waals surface area contributed by atoms with Crippen LogP contribution in [-0.2, 0) is 6.54 Å². The van der Waals surface area contributed by atoms with Crippen molar-refractivity contribution in [1.82, 2.24) is 15.0 Å². The number of pyridine rings is 1. The SMILES string of the molecule is O=Cc1cc(NCc2ccncc2)ncn1. The maximum atomic E-state index is 10.5. The number of carbonyl (C=O) groups is 1. The number of rotatable bonds is 4. The predicted octanol–water partition coefficient (Wildman–Crippen LogP) is 1.30. The van der Waals surface area contributed by atoms with Crippen molar-refractivity contribution in [3.63, 3.8) is 0 Å². The van der Waals surface area contributed by atoms with E-state index in [4.69, 9.17) is 0 Å². The number of hydrogen-bond acceptors (Lipinski definition) is 5. The molecule has 0 aliphatic heterocycles. The summed E-state index contributed by atoms with van der Waals surface area (Å²) in [5.74, 6) is 0.633. The van der Waals surface area contributed by atoms with Crippen molar-refractivity contribution in [1.29, 1.82) is 0 Å². The smallest absolute Gasteiger partial charge is 0.168 e. The first kappa shape index (κ1) is 10.2. The van der Waals surface area contributed by atoms with Crippen LogP contribution in [0.25, 0.3) is 0 Å². The lowest BCUT2D eigenvalue weighted by Crippen LogP contribution is -2.02. The molecule has 0 amide bonds. The van der Waals surface area contributed by atoms with Gasteiger partial charge in [0.2, 0.25) is 0 Å². The van der Waals surface area contributed by atoms with Crippen LogP contribution < -0.4 is 5.32 Å². The van der Waals surface area contributed by atoms with Gasteiger partial charge in [-0.3, -0.25) is 9.78 Å². The molecular weight excluding hydrogens is 204 g/mol. The van der Waals surface area contributed by atoms with Crippen molar-refractivity contribution in [2.24, 2.45) is 0 Å². The third-order valence-corrected chi connectivity index (χ3v) is 2.03. The maximum absolute atomic E-state index is 10.5. The second-order valence-electron chi connectivity index (χ2n) is 3.15. The van der Waals surface area contributed by atoms with Crippen molar-refractivity contribution in [2.75, 3.05) is 5.32 Å². The van der Waals surface area contributed by atoms with E-state index in [2.05, 4.69) is 20.3 Å². The maximum Gasteiger partial charge on any atom is 0.168 e. The fraction of sp³-hybridized carbons (Fsp3) is 0.0909. The first-order valence-electron chi connectivity index (χ1n) is 4.78. The number of aromatic nitrogens is 3. The second kappa shape index (κ2) is 4.97. The van der Waals surface area contributed by atoms with E-state index in [0.29, 0.717) is 24.3 Å². The van der Waals surface area contributed by atoms with Crippen LogP contribution in [0.4, 0.5) is 5.82 Å².